The molecule has 1 amide bonds. The van der Waals surface area contributed by atoms with Crippen LogP contribution in [0, 0.1) is 0 Å². The van der Waals surface area contributed by atoms with Crippen LogP contribution in [0.1, 0.15) is 19.4 Å². The first-order chi connectivity index (χ1) is 8.68. The molecule has 1 aromatic rings. The van der Waals surface area contributed by atoms with E-state index in [2.05, 4.69) is 21.2 Å². The molecule has 1 aromatic carbocycles. The van der Waals surface area contributed by atoms with Gasteiger partial charge in [-0.1, -0.05) is 15.9 Å². The lowest BCUT2D eigenvalue weighted by molar-refractivity contribution is -0.137. The summed E-state index contributed by atoms with van der Waals surface area (Å²) in [5, 5.41) is 2.36. The molecule has 0 saturated carbocycles. The van der Waals surface area contributed by atoms with E-state index in [0.29, 0.717) is 0 Å². The fraction of sp³-hybridized carbons (Fsp3) is 0.417. The lowest BCUT2D eigenvalue weighted by Crippen LogP contribution is -2.21. The zero-order valence-corrected chi connectivity index (χ0v) is 11.9. The topological polar surface area (TPSA) is 38.3 Å². The molecule has 0 aliphatic heterocycles. The summed E-state index contributed by atoms with van der Waals surface area (Å²) in [6.45, 7) is 3.31. The molecule has 0 aromatic heterocycles. The van der Waals surface area contributed by atoms with E-state index in [-0.39, 0.29) is 22.9 Å². The molecule has 0 radical (unpaired) electrons. The van der Waals surface area contributed by atoms with Gasteiger partial charge in [0.15, 0.2) is 0 Å². The monoisotopic (exact) mass is 339 g/mol. The molecule has 19 heavy (non-hydrogen) atoms. The number of hydrogen-bond acceptors (Lipinski definition) is 2. The number of halogens is 4. The van der Waals surface area contributed by atoms with Crippen molar-refractivity contribution >= 4 is 27.5 Å². The second-order valence-corrected chi connectivity index (χ2v) is 5.05. The average Bonchev–Trinajstić information content (AvgIpc) is 2.24. The Morgan fingerprint density at radius 1 is 1.37 bits per heavy atom. The minimum absolute atomic E-state index is 0.0686. The summed E-state index contributed by atoms with van der Waals surface area (Å²) >= 11 is 2.98. The number of carbonyl (C=O) groups excluding carboxylic acids is 1. The summed E-state index contributed by atoms with van der Waals surface area (Å²) in [5.74, 6) is -0.500. The number of ether oxygens (including phenoxy) is 1. The molecule has 0 bridgehead atoms. The molecular weight excluding hydrogens is 327 g/mol. The van der Waals surface area contributed by atoms with Crippen molar-refractivity contribution in [2.75, 3.05) is 11.9 Å². The first-order valence-corrected chi connectivity index (χ1v) is 6.27. The molecule has 7 heteroatoms. The molecule has 106 valence electrons. The highest BCUT2D eigenvalue weighted by atomic mass is 79.9. The van der Waals surface area contributed by atoms with E-state index >= 15 is 0 Å². The molecule has 0 aliphatic rings. The fourth-order valence-corrected chi connectivity index (χ4v) is 1.76. The van der Waals surface area contributed by atoms with Crippen molar-refractivity contribution < 1.29 is 22.7 Å². The van der Waals surface area contributed by atoms with E-state index in [0.717, 1.165) is 12.1 Å². The van der Waals surface area contributed by atoms with Crippen molar-refractivity contribution in [3.63, 3.8) is 0 Å². The van der Waals surface area contributed by atoms with Gasteiger partial charge in [-0.3, -0.25) is 4.79 Å². The Morgan fingerprint density at radius 2 is 2.00 bits per heavy atom. The highest BCUT2D eigenvalue weighted by Gasteiger charge is 2.31. The predicted molar refractivity (Wildman–Crippen MR) is 68.9 cm³/mol. The summed E-state index contributed by atoms with van der Waals surface area (Å²) < 4.78 is 43.0. The van der Waals surface area contributed by atoms with Crippen molar-refractivity contribution in [1.82, 2.24) is 0 Å². The fourth-order valence-electron chi connectivity index (χ4n) is 1.26. The van der Waals surface area contributed by atoms with Gasteiger partial charge in [0, 0.05) is 10.2 Å². The van der Waals surface area contributed by atoms with Gasteiger partial charge in [0.05, 0.1) is 11.7 Å². The van der Waals surface area contributed by atoms with E-state index < -0.39 is 17.6 Å². The largest absolute Gasteiger partial charge is 0.416 e. The van der Waals surface area contributed by atoms with E-state index in [1.165, 1.54) is 6.07 Å². The summed E-state index contributed by atoms with van der Waals surface area (Å²) in [6, 6.07) is 3.21. The van der Waals surface area contributed by atoms with E-state index in [9.17, 15) is 18.0 Å². The zero-order valence-electron chi connectivity index (χ0n) is 10.3. The third-order valence-corrected chi connectivity index (χ3v) is 2.51. The second kappa shape index (κ2) is 6.38. The van der Waals surface area contributed by atoms with Crippen LogP contribution in [0.4, 0.5) is 18.9 Å². The van der Waals surface area contributed by atoms with Crippen LogP contribution in [0.2, 0.25) is 0 Å². The van der Waals surface area contributed by atoms with Gasteiger partial charge in [0.1, 0.15) is 6.61 Å². The Kier molecular flexibility index (Phi) is 5.37. The van der Waals surface area contributed by atoms with E-state index in [1.807, 2.05) is 0 Å². The number of carbonyl (C=O) groups is 1. The number of anilines is 1. The van der Waals surface area contributed by atoms with Gasteiger partial charge in [-0.25, -0.2) is 0 Å². The molecule has 1 rings (SSSR count). The number of rotatable bonds is 4. The normalized spacial score (nSPS) is 11.7. The molecule has 0 heterocycles. The Labute approximate surface area is 117 Å². The first kappa shape index (κ1) is 16.0. The van der Waals surface area contributed by atoms with Crippen molar-refractivity contribution in [3.05, 3.63) is 28.2 Å². The molecule has 0 unspecified atom stereocenters. The quantitative estimate of drug-likeness (QED) is 0.905. The number of nitrogens with one attached hydrogen (secondary N) is 1. The average molecular weight is 340 g/mol. The van der Waals surface area contributed by atoms with Crippen molar-refractivity contribution in [2.45, 2.75) is 26.1 Å². The lowest BCUT2D eigenvalue weighted by Gasteiger charge is -2.12. The molecule has 0 atom stereocenters. The Bertz CT molecular complexity index is 461. The summed E-state index contributed by atoms with van der Waals surface area (Å²) in [7, 11) is 0. The molecule has 0 spiro atoms. The minimum atomic E-state index is -4.46. The first-order valence-electron chi connectivity index (χ1n) is 5.47. The standard InChI is InChI=1S/C12H13BrF3NO2/c1-7(2)19-6-11(18)17-10-4-8(12(14,15)16)3-9(13)5-10/h3-5,7H,6H2,1-2H3,(H,17,18). The maximum atomic E-state index is 12.6. The van der Waals surface area contributed by atoms with E-state index in [1.54, 1.807) is 13.8 Å². The molecule has 1 N–H and O–H groups in total. The van der Waals surface area contributed by atoms with Crippen molar-refractivity contribution in [1.29, 1.82) is 0 Å². The van der Waals surface area contributed by atoms with Gasteiger partial charge < -0.3 is 10.1 Å². The van der Waals surface area contributed by atoms with Crippen LogP contribution in [0.15, 0.2) is 22.7 Å². The molecule has 0 aliphatic carbocycles. The Morgan fingerprint density at radius 3 is 2.53 bits per heavy atom. The SMILES string of the molecule is CC(C)OCC(=O)Nc1cc(Br)cc(C(F)(F)F)c1. The van der Waals surface area contributed by atoms with Crippen molar-refractivity contribution in [3.8, 4) is 0 Å². The highest BCUT2D eigenvalue weighted by molar-refractivity contribution is 9.10. The molecule has 0 fully saturated rings. The summed E-state index contributed by atoms with van der Waals surface area (Å²) in [5.41, 5.74) is -0.763. The Hall–Kier alpha value is -1.08. The third-order valence-electron chi connectivity index (χ3n) is 2.06. The van der Waals surface area contributed by atoms with Gasteiger partial charge in [-0.05, 0) is 32.0 Å². The van der Waals surface area contributed by atoms with Crippen LogP contribution in [-0.2, 0) is 15.7 Å². The zero-order chi connectivity index (χ0) is 14.6. The number of alkyl halides is 3. The molecule has 3 nitrogen and oxygen atoms in total. The lowest BCUT2D eigenvalue weighted by atomic mass is 10.2. The summed E-state index contributed by atoms with van der Waals surface area (Å²) in [4.78, 5) is 11.5. The number of hydrogen-bond donors (Lipinski definition) is 1. The summed E-state index contributed by atoms with van der Waals surface area (Å²) in [6.07, 6.45) is -4.59. The van der Waals surface area contributed by atoms with Gasteiger partial charge in [-0.15, -0.1) is 0 Å². The Balaban J connectivity index is 2.79. The number of amides is 1. The van der Waals surface area contributed by atoms with E-state index in [4.69, 9.17) is 4.74 Å². The highest BCUT2D eigenvalue weighted by Crippen LogP contribution is 2.33. The van der Waals surface area contributed by atoms with Crippen LogP contribution in [0.3, 0.4) is 0 Å². The van der Waals surface area contributed by atoms with Crippen LogP contribution in [-0.4, -0.2) is 18.6 Å². The third kappa shape index (κ3) is 5.61. The van der Waals surface area contributed by atoms with Gasteiger partial charge >= 0.3 is 6.18 Å². The smallest absolute Gasteiger partial charge is 0.369 e. The van der Waals surface area contributed by atoms with Crippen LogP contribution >= 0.6 is 15.9 Å². The van der Waals surface area contributed by atoms with Gasteiger partial charge in [0.25, 0.3) is 0 Å². The minimum Gasteiger partial charge on any atom is -0.369 e. The molecular formula is C12H13BrF3NO2. The van der Waals surface area contributed by atoms with Crippen LogP contribution in [0.5, 0.6) is 0 Å². The van der Waals surface area contributed by atoms with Gasteiger partial charge in [-0.2, -0.15) is 13.2 Å². The maximum absolute atomic E-state index is 12.6. The predicted octanol–water partition coefficient (Wildman–Crippen LogP) is 3.83. The number of benzene rings is 1. The van der Waals surface area contributed by atoms with Crippen LogP contribution in [0.25, 0.3) is 0 Å². The van der Waals surface area contributed by atoms with Crippen LogP contribution < -0.4 is 5.32 Å². The maximum Gasteiger partial charge on any atom is 0.416 e. The molecule has 0 saturated heterocycles. The van der Waals surface area contributed by atoms with Gasteiger partial charge in [0.2, 0.25) is 5.91 Å². The van der Waals surface area contributed by atoms with Crippen molar-refractivity contribution in [2.24, 2.45) is 0 Å². The second-order valence-electron chi connectivity index (χ2n) is 4.13.